The number of rotatable bonds is 3. The van der Waals surface area contributed by atoms with Gasteiger partial charge in [-0.05, 0) is 25.1 Å². The molecule has 3 N–H and O–H groups in total. The van der Waals surface area contributed by atoms with Crippen LogP contribution < -0.4 is 11.1 Å². The molecule has 5 nitrogen and oxygen atoms in total. The van der Waals surface area contributed by atoms with Gasteiger partial charge in [0.15, 0.2) is 0 Å². The van der Waals surface area contributed by atoms with Gasteiger partial charge in [0, 0.05) is 18.8 Å². The standard InChI is InChI=1S/C13H13FN4OS/c1-7-10(6-18(2)17-7)13(19)16-11-4-3-8(14)5-9(11)12(15)20/h3-6H,1-2H3,(H2,15,20)(H,16,19). The number of nitrogens with zero attached hydrogens (tertiary/aromatic N) is 2. The number of benzene rings is 1. The van der Waals surface area contributed by atoms with Gasteiger partial charge in [-0.15, -0.1) is 0 Å². The van der Waals surface area contributed by atoms with E-state index in [0.29, 0.717) is 16.9 Å². The zero-order valence-electron chi connectivity index (χ0n) is 11.0. The highest BCUT2D eigenvalue weighted by molar-refractivity contribution is 7.80. The first-order valence-electron chi connectivity index (χ1n) is 5.79. The maximum atomic E-state index is 13.2. The SMILES string of the molecule is Cc1nn(C)cc1C(=O)Nc1ccc(F)cc1C(N)=S. The maximum absolute atomic E-state index is 13.2. The molecule has 1 amide bonds. The number of carbonyl (C=O) groups excluding carboxylic acids is 1. The lowest BCUT2D eigenvalue weighted by molar-refractivity contribution is 0.102. The second kappa shape index (κ2) is 5.38. The average molecular weight is 292 g/mol. The quantitative estimate of drug-likeness (QED) is 0.845. The number of halogens is 1. The summed E-state index contributed by atoms with van der Waals surface area (Å²) in [5, 5.41) is 6.75. The molecule has 2 rings (SSSR count). The number of aryl methyl sites for hydroxylation is 2. The molecule has 0 aliphatic rings. The van der Waals surface area contributed by atoms with Crippen LogP contribution in [0.3, 0.4) is 0 Å². The van der Waals surface area contributed by atoms with Gasteiger partial charge in [0.2, 0.25) is 0 Å². The van der Waals surface area contributed by atoms with E-state index >= 15 is 0 Å². The van der Waals surface area contributed by atoms with E-state index in [9.17, 15) is 9.18 Å². The Balaban J connectivity index is 2.33. The van der Waals surface area contributed by atoms with Gasteiger partial charge in [-0.25, -0.2) is 4.39 Å². The van der Waals surface area contributed by atoms with Crippen LogP contribution in [0.4, 0.5) is 10.1 Å². The maximum Gasteiger partial charge on any atom is 0.259 e. The minimum atomic E-state index is -0.469. The van der Waals surface area contributed by atoms with Crippen molar-refractivity contribution in [2.45, 2.75) is 6.92 Å². The summed E-state index contributed by atoms with van der Waals surface area (Å²) in [6, 6.07) is 3.84. The zero-order valence-corrected chi connectivity index (χ0v) is 11.8. The van der Waals surface area contributed by atoms with Crippen molar-refractivity contribution in [2.24, 2.45) is 12.8 Å². The summed E-state index contributed by atoms with van der Waals surface area (Å²) in [5.74, 6) is -0.817. The van der Waals surface area contributed by atoms with E-state index in [1.807, 2.05) is 0 Å². The van der Waals surface area contributed by atoms with E-state index in [0.717, 1.165) is 0 Å². The Bertz CT molecular complexity index is 696. The fraction of sp³-hybridized carbons (Fsp3) is 0.154. The summed E-state index contributed by atoms with van der Waals surface area (Å²) in [7, 11) is 1.72. The smallest absolute Gasteiger partial charge is 0.259 e. The number of hydrogen-bond donors (Lipinski definition) is 2. The highest BCUT2D eigenvalue weighted by Gasteiger charge is 2.15. The van der Waals surface area contributed by atoms with Gasteiger partial charge in [0.1, 0.15) is 10.8 Å². The summed E-state index contributed by atoms with van der Waals surface area (Å²) < 4.78 is 14.7. The van der Waals surface area contributed by atoms with Crippen LogP contribution in [0.5, 0.6) is 0 Å². The van der Waals surface area contributed by atoms with Crippen LogP contribution in [0, 0.1) is 12.7 Å². The van der Waals surface area contributed by atoms with Gasteiger partial charge < -0.3 is 11.1 Å². The van der Waals surface area contributed by atoms with E-state index in [4.69, 9.17) is 18.0 Å². The van der Waals surface area contributed by atoms with Crippen molar-refractivity contribution in [3.05, 3.63) is 47.0 Å². The lowest BCUT2D eigenvalue weighted by Gasteiger charge is -2.09. The number of hydrogen-bond acceptors (Lipinski definition) is 3. The molecule has 104 valence electrons. The summed E-state index contributed by atoms with van der Waals surface area (Å²) in [5.41, 5.74) is 7.22. The van der Waals surface area contributed by atoms with Gasteiger partial charge in [0.25, 0.3) is 5.91 Å². The van der Waals surface area contributed by atoms with E-state index in [1.165, 1.54) is 18.2 Å². The molecule has 0 unspecified atom stereocenters. The van der Waals surface area contributed by atoms with Crippen molar-refractivity contribution >= 4 is 28.8 Å². The molecule has 0 aliphatic heterocycles. The Morgan fingerprint density at radius 2 is 2.15 bits per heavy atom. The van der Waals surface area contributed by atoms with Crippen LogP contribution in [0.15, 0.2) is 24.4 Å². The first kappa shape index (κ1) is 14.1. The van der Waals surface area contributed by atoms with Gasteiger partial charge in [-0.2, -0.15) is 5.10 Å². The summed E-state index contributed by atoms with van der Waals surface area (Å²) in [4.78, 5) is 12.2. The summed E-state index contributed by atoms with van der Waals surface area (Å²) in [6.45, 7) is 1.73. The highest BCUT2D eigenvalue weighted by atomic mass is 32.1. The van der Waals surface area contributed by atoms with Crippen molar-refractivity contribution in [3.8, 4) is 0 Å². The predicted octanol–water partition coefficient (Wildman–Crippen LogP) is 1.75. The van der Waals surface area contributed by atoms with Crippen LogP contribution >= 0.6 is 12.2 Å². The largest absolute Gasteiger partial charge is 0.389 e. The lowest BCUT2D eigenvalue weighted by atomic mass is 10.1. The molecular formula is C13H13FN4OS. The lowest BCUT2D eigenvalue weighted by Crippen LogP contribution is -2.18. The van der Waals surface area contributed by atoms with Crippen LogP contribution in [0.1, 0.15) is 21.6 Å². The predicted molar refractivity (Wildman–Crippen MR) is 78.2 cm³/mol. The number of thiocarbonyl (C=S) groups is 1. The van der Waals surface area contributed by atoms with Crippen LogP contribution in [-0.2, 0) is 7.05 Å². The van der Waals surface area contributed by atoms with E-state index in [1.54, 1.807) is 24.9 Å². The summed E-state index contributed by atoms with van der Waals surface area (Å²) >= 11 is 4.85. The Kier molecular flexibility index (Phi) is 3.80. The van der Waals surface area contributed by atoms with E-state index in [2.05, 4.69) is 10.4 Å². The number of aromatic nitrogens is 2. The first-order valence-corrected chi connectivity index (χ1v) is 6.20. The fourth-order valence-corrected chi connectivity index (χ4v) is 2.01. The van der Waals surface area contributed by atoms with Gasteiger partial charge >= 0.3 is 0 Å². The van der Waals surface area contributed by atoms with Crippen molar-refractivity contribution in [1.29, 1.82) is 0 Å². The van der Waals surface area contributed by atoms with Gasteiger partial charge in [0.05, 0.1) is 16.9 Å². The van der Waals surface area contributed by atoms with Gasteiger partial charge in [-0.1, -0.05) is 12.2 Å². The molecule has 0 spiro atoms. The van der Waals surface area contributed by atoms with Gasteiger partial charge in [-0.3, -0.25) is 9.48 Å². The topological polar surface area (TPSA) is 72.9 Å². The number of carbonyl (C=O) groups is 1. The molecule has 0 radical (unpaired) electrons. The Morgan fingerprint density at radius 1 is 1.45 bits per heavy atom. The molecule has 0 aliphatic carbocycles. The molecule has 1 aromatic heterocycles. The third kappa shape index (κ3) is 2.83. The molecule has 0 saturated carbocycles. The average Bonchev–Trinajstić information content (AvgIpc) is 2.70. The molecule has 0 saturated heterocycles. The molecule has 1 heterocycles. The molecule has 0 bridgehead atoms. The van der Waals surface area contributed by atoms with Crippen molar-refractivity contribution in [2.75, 3.05) is 5.32 Å². The number of anilines is 1. The number of nitrogens with one attached hydrogen (secondary N) is 1. The molecule has 0 fully saturated rings. The second-order valence-corrected chi connectivity index (χ2v) is 4.75. The van der Waals surface area contributed by atoms with E-state index < -0.39 is 5.82 Å². The Morgan fingerprint density at radius 3 is 2.70 bits per heavy atom. The van der Waals surface area contributed by atoms with Crippen molar-refractivity contribution in [1.82, 2.24) is 9.78 Å². The van der Waals surface area contributed by atoms with Crippen LogP contribution in [-0.4, -0.2) is 20.7 Å². The monoisotopic (exact) mass is 292 g/mol. The molecular weight excluding hydrogens is 279 g/mol. The highest BCUT2D eigenvalue weighted by Crippen LogP contribution is 2.18. The van der Waals surface area contributed by atoms with Crippen LogP contribution in [0.2, 0.25) is 0 Å². The number of amides is 1. The zero-order chi connectivity index (χ0) is 14.9. The molecule has 7 heteroatoms. The summed E-state index contributed by atoms with van der Waals surface area (Å²) in [6.07, 6.45) is 1.61. The Hall–Kier alpha value is -2.28. The normalized spacial score (nSPS) is 10.3. The van der Waals surface area contributed by atoms with E-state index in [-0.39, 0.29) is 16.5 Å². The third-order valence-electron chi connectivity index (χ3n) is 2.75. The fourth-order valence-electron chi connectivity index (χ4n) is 1.84. The third-order valence-corrected chi connectivity index (χ3v) is 2.97. The van der Waals surface area contributed by atoms with Crippen LogP contribution in [0.25, 0.3) is 0 Å². The molecule has 0 atom stereocenters. The molecule has 2 aromatic rings. The van der Waals surface area contributed by atoms with Crippen molar-refractivity contribution < 1.29 is 9.18 Å². The molecule has 1 aromatic carbocycles. The number of nitrogens with two attached hydrogens (primary N) is 1. The molecule has 20 heavy (non-hydrogen) atoms. The van der Waals surface area contributed by atoms with Crippen molar-refractivity contribution in [3.63, 3.8) is 0 Å². The second-order valence-electron chi connectivity index (χ2n) is 4.31. The Labute approximate surface area is 120 Å². The minimum Gasteiger partial charge on any atom is -0.389 e. The first-order chi connectivity index (χ1) is 9.38. The minimum absolute atomic E-state index is 0.0164.